The third-order valence-electron chi connectivity index (χ3n) is 3.46. The van der Waals surface area contributed by atoms with E-state index < -0.39 is 5.41 Å². The highest BCUT2D eigenvalue weighted by Crippen LogP contribution is 2.24. The molecule has 3 N–H and O–H groups in total. The van der Waals surface area contributed by atoms with Gasteiger partial charge in [0.25, 0.3) is 0 Å². The molecule has 0 spiro atoms. The fourth-order valence-corrected chi connectivity index (χ4v) is 1.93. The third kappa shape index (κ3) is 3.56. The van der Waals surface area contributed by atoms with E-state index in [0.717, 1.165) is 17.0 Å². The molecule has 0 saturated carbocycles. The fraction of sp³-hybridized carbons (Fsp3) is 0.312. The lowest BCUT2D eigenvalue weighted by Crippen LogP contribution is -2.39. The van der Waals surface area contributed by atoms with Crippen LogP contribution >= 0.6 is 0 Å². The van der Waals surface area contributed by atoms with Crippen molar-refractivity contribution < 1.29 is 4.79 Å². The Morgan fingerprint density at radius 3 is 2.43 bits per heavy atom. The largest absolute Gasteiger partial charge is 0.399 e. The molecule has 2 rings (SSSR count). The first-order valence-electron chi connectivity index (χ1n) is 6.81. The Morgan fingerprint density at radius 2 is 1.86 bits per heavy atom. The van der Waals surface area contributed by atoms with Crippen LogP contribution in [0.2, 0.25) is 0 Å². The van der Waals surface area contributed by atoms with Gasteiger partial charge in [0.1, 0.15) is 0 Å². The van der Waals surface area contributed by atoms with Gasteiger partial charge in [0, 0.05) is 11.9 Å². The van der Waals surface area contributed by atoms with Crippen molar-refractivity contribution in [3.63, 3.8) is 0 Å². The van der Waals surface area contributed by atoms with Gasteiger partial charge in [0.05, 0.1) is 29.5 Å². The van der Waals surface area contributed by atoms with Crippen LogP contribution in [-0.2, 0) is 16.8 Å². The van der Waals surface area contributed by atoms with E-state index in [0.29, 0.717) is 12.2 Å². The number of carbonyl (C=O) groups excluding carboxylic acids is 1. The summed E-state index contributed by atoms with van der Waals surface area (Å²) in [4.78, 5) is 20.8. The SMILES string of the molecule is Cc1cnc(CNC(=O)C(C)(C)c2ccc(N)cc2)cn1. The van der Waals surface area contributed by atoms with E-state index in [4.69, 9.17) is 5.73 Å². The van der Waals surface area contributed by atoms with E-state index in [-0.39, 0.29) is 5.91 Å². The summed E-state index contributed by atoms with van der Waals surface area (Å²) in [5, 5.41) is 2.90. The molecule has 0 aliphatic carbocycles. The quantitative estimate of drug-likeness (QED) is 0.841. The number of nitrogens with two attached hydrogens (primary N) is 1. The van der Waals surface area contributed by atoms with Crippen molar-refractivity contribution >= 4 is 11.6 Å². The van der Waals surface area contributed by atoms with E-state index in [9.17, 15) is 4.79 Å². The van der Waals surface area contributed by atoms with Gasteiger partial charge in [-0.3, -0.25) is 14.8 Å². The second kappa shape index (κ2) is 5.91. The number of carbonyl (C=O) groups is 1. The Kier molecular flexibility index (Phi) is 4.21. The van der Waals surface area contributed by atoms with Gasteiger partial charge < -0.3 is 11.1 Å². The molecule has 1 aromatic carbocycles. The zero-order valence-corrected chi connectivity index (χ0v) is 12.6. The molecule has 1 amide bonds. The van der Waals surface area contributed by atoms with Gasteiger partial charge in [-0.1, -0.05) is 12.1 Å². The van der Waals surface area contributed by atoms with Crippen molar-refractivity contribution in [1.29, 1.82) is 0 Å². The number of nitrogen functional groups attached to an aromatic ring is 1. The summed E-state index contributed by atoms with van der Waals surface area (Å²) in [6.45, 7) is 6.01. The second-order valence-electron chi connectivity index (χ2n) is 5.58. The molecule has 0 aliphatic heterocycles. The lowest BCUT2D eigenvalue weighted by atomic mass is 9.83. The molecular weight excluding hydrogens is 264 g/mol. The van der Waals surface area contributed by atoms with E-state index >= 15 is 0 Å². The maximum atomic E-state index is 12.4. The minimum atomic E-state index is -0.633. The first-order valence-corrected chi connectivity index (χ1v) is 6.81. The van der Waals surface area contributed by atoms with Gasteiger partial charge in [-0.15, -0.1) is 0 Å². The van der Waals surface area contributed by atoms with Gasteiger partial charge >= 0.3 is 0 Å². The van der Waals surface area contributed by atoms with Crippen LogP contribution in [0.25, 0.3) is 0 Å². The van der Waals surface area contributed by atoms with Crippen molar-refractivity contribution in [1.82, 2.24) is 15.3 Å². The molecule has 0 saturated heterocycles. The van der Waals surface area contributed by atoms with Gasteiger partial charge in [-0.2, -0.15) is 0 Å². The summed E-state index contributed by atoms with van der Waals surface area (Å²) in [5.41, 5.74) is 8.24. The molecule has 0 unspecified atom stereocenters. The molecule has 0 fully saturated rings. The molecule has 2 aromatic rings. The third-order valence-corrected chi connectivity index (χ3v) is 3.46. The molecule has 21 heavy (non-hydrogen) atoms. The Morgan fingerprint density at radius 1 is 1.19 bits per heavy atom. The number of rotatable bonds is 4. The molecule has 1 aromatic heterocycles. The van der Waals surface area contributed by atoms with Crippen LogP contribution in [0.15, 0.2) is 36.7 Å². The monoisotopic (exact) mass is 284 g/mol. The lowest BCUT2D eigenvalue weighted by Gasteiger charge is -2.24. The number of hydrogen-bond donors (Lipinski definition) is 2. The predicted octanol–water partition coefficient (Wildman–Crippen LogP) is 1.96. The zero-order chi connectivity index (χ0) is 15.5. The number of amides is 1. The highest BCUT2D eigenvalue weighted by Gasteiger charge is 2.29. The van der Waals surface area contributed by atoms with Crippen LogP contribution in [0.5, 0.6) is 0 Å². The Labute approximate surface area is 124 Å². The summed E-state index contributed by atoms with van der Waals surface area (Å²) in [6.07, 6.45) is 3.36. The molecule has 0 atom stereocenters. The maximum Gasteiger partial charge on any atom is 0.230 e. The summed E-state index contributed by atoms with van der Waals surface area (Å²) in [7, 11) is 0. The molecule has 0 radical (unpaired) electrons. The predicted molar refractivity (Wildman–Crippen MR) is 82.5 cm³/mol. The van der Waals surface area contributed by atoms with Crippen molar-refractivity contribution in [3.05, 3.63) is 53.6 Å². The van der Waals surface area contributed by atoms with Crippen LogP contribution in [0, 0.1) is 6.92 Å². The minimum Gasteiger partial charge on any atom is -0.399 e. The molecule has 5 nitrogen and oxygen atoms in total. The first-order chi connectivity index (χ1) is 9.89. The average Bonchev–Trinajstić information content (AvgIpc) is 2.46. The van der Waals surface area contributed by atoms with E-state index in [1.165, 1.54) is 0 Å². The number of aromatic nitrogens is 2. The minimum absolute atomic E-state index is 0.0605. The number of nitrogens with one attached hydrogen (secondary N) is 1. The van der Waals surface area contributed by atoms with E-state index in [2.05, 4.69) is 15.3 Å². The Bertz CT molecular complexity index is 618. The van der Waals surface area contributed by atoms with E-state index in [1.807, 2.05) is 32.9 Å². The molecular formula is C16H20N4O. The molecule has 110 valence electrons. The average molecular weight is 284 g/mol. The number of benzene rings is 1. The fourth-order valence-electron chi connectivity index (χ4n) is 1.93. The number of hydrogen-bond acceptors (Lipinski definition) is 4. The van der Waals surface area contributed by atoms with E-state index in [1.54, 1.807) is 24.5 Å². The number of anilines is 1. The van der Waals surface area contributed by atoms with Gasteiger partial charge in [0.15, 0.2) is 0 Å². The topological polar surface area (TPSA) is 80.9 Å². The lowest BCUT2D eigenvalue weighted by molar-refractivity contribution is -0.125. The Hall–Kier alpha value is -2.43. The smallest absolute Gasteiger partial charge is 0.230 e. The summed E-state index contributed by atoms with van der Waals surface area (Å²) in [5.74, 6) is -0.0605. The second-order valence-corrected chi connectivity index (χ2v) is 5.58. The van der Waals surface area contributed by atoms with Crippen molar-refractivity contribution in [2.75, 3.05) is 5.73 Å². The number of aryl methyl sites for hydroxylation is 1. The number of nitrogens with zero attached hydrogens (tertiary/aromatic N) is 2. The van der Waals surface area contributed by atoms with Crippen molar-refractivity contribution in [3.8, 4) is 0 Å². The summed E-state index contributed by atoms with van der Waals surface area (Å²) < 4.78 is 0. The molecule has 1 heterocycles. The zero-order valence-electron chi connectivity index (χ0n) is 12.6. The maximum absolute atomic E-state index is 12.4. The van der Waals surface area contributed by atoms with Crippen LogP contribution in [0.3, 0.4) is 0 Å². The van der Waals surface area contributed by atoms with Gasteiger partial charge in [-0.05, 0) is 38.5 Å². The van der Waals surface area contributed by atoms with Crippen LogP contribution in [-0.4, -0.2) is 15.9 Å². The summed E-state index contributed by atoms with van der Waals surface area (Å²) >= 11 is 0. The van der Waals surface area contributed by atoms with Crippen LogP contribution in [0.1, 0.15) is 30.8 Å². The van der Waals surface area contributed by atoms with Gasteiger partial charge in [0.2, 0.25) is 5.91 Å². The molecule has 0 bridgehead atoms. The molecule has 5 heteroatoms. The summed E-state index contributed by atoms with van der Waals surface area (Å²) in [6, 6.07) is 7.35. The highest BCUT2D eigenvalue weighted by atomic mass is 16.2. The van der Waals surface area contributed by atoms with Crippen molar-refractivity contribution in [2.45, 2.75) is 32.7 Å². The van der Waals surface area contributed by atoms with Crippen LogP contribution < -0.4 is 11.1 Å². The van der Waals surface area contributed by atoms with Gasteiger partial charge in [-0.25, -0.2) is 0 Å². The standard InChI is InChI=1S/C16H20N4O/c1-11-8-19-14(9-18-11)10-20-15(21)16(2,3)12-4-6-13(17)7-5-12/h4-9H,10,17H2,1-3H3,(H,20,21). The van der Waals surface area contributed by atoms with Crippen molar-refractivity contribution in [2.24, 2.45) is 0 Å². The highest BCUT2D eigenvalue weighted by molar-refractivity contribution is 5.87. The molecule has 0 aliphatic rings. The first kappa shape index (κ1) is 15.0. The van der Waals surface area contributed by atoms with Crippen LogP contribution in [0.4, 0.5) is 5.69 Å². The normalized spacial score (nSPS) is 11.2. The Balaban J connectivity index is 2.04.